The number of carbonyl (C=O) groups is 2. The molecule has 4 nitrogen and oxygen atoms in total. The van der Waals surface area contributed by atoms with Crippen molar-refractivity contribution in [1.29, 1.82) is 0 Å². The third kappa shape index (κ3) is 4.21. The van der Waals surface area contributed by atoms with Gasteiger partial charge in [-0.25, -0.2) is 4.90 Å². The molecule has 2 amide bonds. The number of aryl methyl sites for hydroxylation is 3. The Hall–Kier alpha value is -3.31. The van der Waals surface area contributed by atoms with Crippen LogP contribution < -0.4 is 10.2 Å². The Morgan fingerprint density at radius 3 is 2.19 bits per heavy atom. The van der Waals surface area contributed by atoms with Crippen LogP contribution in [0.5, 0.6) is 0 Å². The first-order chi connectivity index (χ1) is 15.4. The zero-order valence-corrected chi connectivity index (χ0v) is 19.5. The van der Waals surface area contributed by atoms with Gasteiger partial charge < -0.3 is 5.32 Å². The summed E-state index contributed by atoms with van der Waals surface area (Å²) in [6.07, 6.45) is 0.897. The average molecular weight is 443 g/mol. The zero-order chi connectivity index (χ0) is 22.8. The SMILES string of the molecule is CCc1ccc(N2C(=O)C(Nc3cccc(C)c3C)=C(Sc3ccc(C)cc3)C2=O)cc1. The quantitative estimate of drug-likeness (QED) is 0.464. The van der Waals surface area contributed by atoms with E-state index in [-0.39, 0.29) is 11.8 Å². The standard InChI is InChI=1S/C27H26N2O2S/c1-5-20-11-13-21(14-12-20)29-26(30)24(28-23-8-6-7-18(3)19(23)4)25(27(29)31)32-22-15-9-17(2)10-16-22/h6-16,28H,5H2,1-4H3. The molecule has 0 unspecified atom stereocenters. The number of hydrogen-bond acceptors (Lipinski definition) is 4. The molecule has 1 aliphatic heterocycles. The van der Waals surface area contributed by atoms with Crippen molar-refractivity contribution in [1.82, 2.24) is 0 Å². The van der Waals surface area contributed by atoms with Gasteiger partial charge in [-0.3, -0.25) is 9.59 Å². The molecule has 3 aromatic rings. The number of benzene rings is 3. The van der Waals surface area contributed by atoms with Gasteiger partial charge in [0.15, 0.2) is 0 Å². The molecule has 5 heteroatoms. The van der Waals surface area contributed by atoms with Crippen LogP contribution in [0.2, 0.25) is 0 Å². The molecule has 1 N–H and O–H groups in total. The number of thioether (sulfide) groups is 1. The first kappa shape index (κ1) is 21.9. The minimum atomic E-state index is -0.338. The van der Waals surface area contributed by atoms with E-state index in [4.69, 9.17) is 0 Å². The predicted molar refractivity (Wildman–Crippen MR) is 132 cm³/mol. The maximum atomic E-state index is 13.5. The third-order valence-corrected chi connectivity index (χ3v) is 6.84. The molecule has 0 saturated carbocycles. The van der Waals surface area contributed by atoms with Crippen LogP contribution in [0, 0.1) is 20.8 Å². The van der Waals surface area contributed by atoms with Crippen LogP contribution in [0.25, 0.3) is 0 Å². The smallest absolute Gasteiger partial charge is 0.283 e. The average Bonchev–Trinajstić information content (AvgIpc) is 3.02. The van der Waals surface area contributed by atoms with Crippen LogP contribution in [0.15, 0.2) is 82.2 Å². The number of rotatable bonds is 6. The maximum absolute atomic E-state index is 13.5. The topological polar surface area (TPSA) is 49.4 Å². The number of amides is 2. The van der Waals surface area contributed by atoms with Gasteiger partial charge in [-0.15, -0.1) is 0 Å². The zero-order valence-electron chi connectivity index (χ0n) is 18.7. The van der Waals surface area contributed by atoms with Gasteiger partial charge in [0, 0.05) is 10.6 Å². The van der Waals surface area contributed by atoms with Gasteiger partial charge in [0.25, 0.3) is 11.8 Å². The fourth-order valence-electron chi connectivity index (χ4n) is 3.58. The number of carbonyl (C=O) groups excluding carboxylic acids is 2. The van der Waals surface area contributed by atoms with Gasteiger partial charge in [0.05, 0.1) is 5.69 Å². The van der Waals surface area contributed by atoms with E-state index < -0.39 is 0 Å². The van der Waals surface area contributed by atoms with E-state index >= 15 is 0 Å². The second-order valence-corrected chi connectivity index (χ2v) is 9.04. The third-order valence-electron chi connectivity index (χ3n) is 5.75. The van der Waals surface area contributed by atoms with Crippen LogP contribution in [0.4, 0.5) is 11.4 Å². The number of hydrogen-bond donors (Lipinski definition) is 1. The van der Waals surface area contributed by atoms with Crippen molar-refractivity contribution in [3.8, 4) is 0 Å². The van der Waals surface area contributed by atoms with E-state index in [1.54, 1.807) is 0 Å². The molecular formula is C27H26N2O2S. The molecule has 0 atom stereocenters. The highest BCUT2D eigenvalue weighted by Gasteiger charge is 2.40. The highest BCUT2D eigenvalue weighted by molar-refractivity contribution is 8.04. The van der Waals surface area contributed by atoms with Crippen LogP contribution in [-0.2, 0) is 16.0 Å². The molecule has 162 valence electrons. The maximum Gasteiger partial charge on any atom is 0.283 e. The predicted octanol–water partition coefficient (Wildman–Crippen LogP) is 6.16. The van der Waals surface area contributed by atoms with Crippen molar-refractivity contribution in [2.45, 2.75) is 39.0 Å². The Kier molecular flexibility index (Phi) is 6.19. The molecule has 1 aliphatic rings. The molecule has 0 aromatic heterocycles. The molecular weight excluding hydrogens is 416 g/mol. The van der Waals surface area contributed by atoms with Gasteiger partial charge >= 0.3 is 0 Å². The largest absolute Gasteiger partial charge is 0.350 e. The summed E-state index contributed by atoms with van der Waals surface area (Å²) in [4.78, 5) is 29.6. The summed E-state index contributed by atoms with van der Waals surface area (Å²) < 4.78 is 0. The van der Waals surface area contributed by atoms with E-state index in [2.05, 4.69) is 12.2 Å². The minimum Gasteiger partial charge on any atom is -0.350 e. The van der Waals surface area contributed by atoms with Crippen LogP contribution in [0.1, 0.15) is 29.2 Å². The van der Waals surface area contributed by atoms with Crippen molar-refractivity contribution in [3.63, 3.8) is 0 Å². The summed E-state index contributed by atoms with van der Waals surface area (Å²) in [5, 5.41) is 3.28. The summed E-state index contributed by atoms with van der Waals surface area (Å²) in [6.45, 7) is 8.13. The first-order valence-electron chi connectivity index (χ1n) is 10.7. The number of imide groups is 1. The summed E-state index contributed by atoms with van der Waals surface area (Å²) in [7, 11) is 0. The summed E-state index contributed by atoms with van der Waals surface area (Å²) >= 11 is 1.32. The number of nitrogens with one attached hydrogen (secondary N) is 1. The summed E-state index contributed by atoms with van der Waals surface area (Å²) in [6, 6.07) is 21.4. The van der Waals surface area contributed by atoms with Crippen molar-refractivity contribution in [2.24, 2.45) is 0 Å². The lowest BCUT2D eigenvalue weighted by molar-refractivity contribution is -0.120. The van der Waals surface area contributed by atoms with E-state index in [9.17, 15) is 9.59 Å². The van der Waals surface area contributed by atoms with Crippen molar-refractivity contribution < 1.29 is 9.59 Å². The second-order valence-electron chi connectivity index (χ2n) is 7.96. The Labute approximate surface area is 193 Å². The Balaban J connectivity index is 1.75. The Bertz CT molecular complexity index is 1210. The van der Waals surface area contributed by atoms with E-state index in [0.717, 1.165) is 39.3 Å². The van der Waals surface area contributed by atoms with E-state index in [1.165, 1.54) is 16.7 Å². The molecule has 0 saturated heterocycles. The van der Waals surface area contributed by atoms with E-state index in [1.807, 2.05) is 87.5 Å². The normalized spacial score (nSPS) is 13.8. The summed E-state index contributed by atoms with van der Waals surface area (Å²) in [5.74, 6) is -0.646. The highest BCUT2D eigenvalue weighted by atomic mass is 32.2. The van der Waals surface area contributed by atoms with Crippen molar-refractivity contribution in [3.05, 3.63) is 99.6 Å². The first-order valence-corrected chi connectivity index (χ1v) is 11.5. The lowest BCUT2D eigenvalue weighted by atomic mass is 10.1. The molecule has 1 heterocycles. The van der Waals surface area contributed by atoms with Gasteiger partial charge in [-0.05, 0) is 74.2 Å². The molecule has 4 rings (SSSR count). The molecule has 0 radical (unpaired) electrons. The van der Waals surface area contributed by atoms with Gasteiger partial charge in [-0.1, -0.05) is 60.6 Å². The highest BCUT2D eigenvalue weighted by Crippen LogP contribution is 2.38. The molecule has 0 fully saturated rings. The molecule has 3 aromatic carbocycles. The minimum absolute atomic E-state index is 0.308. The van der Waals surface area contributed by atoms with Crippen molar-refractivity contribution >= 4 is 35.0 Å². The monoisotopic (exact) mass is 442 g/mol. The van der Waals surface area contributed by atoms with Crippen molar-refractivity contribution in [2.75, 3.05) is 10.2 Å². The summed E-state index contributed by atoms with van der Waals surface area (Å²) in [5.41, 5.74) is 6.18. The van der Waals surface area contributed by atoms with Crippen LogP contribution in [-0.4, -0.2) is 11.8 Å². The van der Waals surface area contributed by atoms with Gasteiger partial charge in [-0.2, -0.15) is 0 Å². The number of nitrogens with zero attached hydrogens (tertiary/aromatic N) is 1. The fraction of sp³-hybridized carbons (Fsp3) is 0.185. The molecule has 0 spiro atoms. The molecule has 32 heavy (non-hydrogen) atoms. The molecule has 0 aliphatic carbocycles. The van der Waals surface area contributed by atoms with Crippen LogP contribution in [0.3, 0.4) is 0 Å². The van der Waals surface area contributed by atoms with Gasteiger partial charge in [0.1, 0.15) is 10.6 Å². The fourth-order valence-corrected chi connectivity index (χ4v) is 4.50. The lowest BCUT2D eigenvalue weighted by Gasteiger charge is -2.16. The lowest BCUT2D eigenvalue weighted by Crippen LogP contribution is -2.32. The number of anilines is 2. The second kappa shape index (κ2) is 9.05. The Morgan fingerprint density at radius 2 is 1.53 bits per heavy atom. The molecule has 0 bridgehead atoms. The van der Waals surface area contributed by atoms with E-state index in [0.29, 0.717) is 16.3 Å². The van der Waals surface area contributed by atoms with Crippen LogP contribution >= 0.6 is 11.8 Å². The Morgan fingerprint density at radius 1 is 0.844 bits per heavy atom. The van der Waals surface area contributed by atoms with Gasteiger partial charge in [0.2, 0.25) is 0 Å².